The molecule has 1 N–H and O–H groups in total. The minimum atomic E-state index is -0.139. The molecule has 20 heavy (non-hydrogen) atoms. The highest BCUT2D eigenvalue weighted by Gasteiger charge is 2.60. The molecule has 3 aliphatic rings. The van der Waals surface area contributed by atoms with Crippen LogP contribution in [0.25, 0.3) is 0 Å². The van der Waals surface area contributed by atoms with Crippen LogP contribution < -0.4 is 5.32 Å². The molecule has 0 bridgehead atoms. The summed E-state index contributed by atoms with van der Waals surface area (Å²) < 4.78 is 5.09. The molecule has 2 aliphatic carbocycles. The lowest BCUT2D eigenvalue weighted by molar-refractivity contribution is -0.131. The minimum absolute atomic E-state index is 0.139. The van der Waals surface area contributed by atoms with E-state index in [1.54, 1.807) is 7.11 Å². The summed E-state index contributed by atoms with van der Waals surface area (Å²) in [5.74, 6) is 1.08. The Kier molecular flexibility index (Phi) is 4.32. The maximum absolute atomic E-state index is 12.6. The number of ether oxygens (including phenoxy) is 1. The molecule has 1 saturated heterocycles. The van der Waals surface area contributed by atoms with E-state index in [1.807, 2.05) is 0 Å². The third kappa shape index (κ3) is 2.73. The first-order valence-corrected chi connectivity index (χ1v) is 8.34. The van der Waals surface area contributed by atoms with Crippen LogP contribution in [0.4, 0.5) is 0 Å². The van der Waals surface area contributed by atoms with Crippen LogP contribution >= 0.6 is 0 Å². The number of unbranched alkanes of at least 4 members (excludes halogenated alkanes) is 2. The van der Waals surface area contributed by atoms with Crippen molar-refractivity contribution in [1.29, 1.82) is 0 Å². The largest absolute Gasteiger partial charge is 0.385 e. The van der Waals surface area contributed by atoms with Crippen LogP contribution in [0.1, 0.15) is 57.8 Å². The Morgan fingerprint density at radius 3 is 2.65 bits per heavy atom. The topological polar surface area (TPSA) is 41.6 Å². The minimum Gasteiger partial charge on any atom is -0.385 e. The van der Waals surface area contributed by atoms with Gasteiger partial charge < -0.3 is 9.64 Å². The van der Waals surface area contributed by atoms with Gasteiger partial charge in [0.25, 0.3) is 0 Å². The van der Waals surface area contributed by atoms with Crippen LogP contribution in [0.15, 0.2) is 0 Å². The Morgan fingerprint density at radius 1 is 1.25 bits per heavy atom. The standard InChI is InChI=1S/C16H28N2O2/c1-20-12-6-2-5-11-18-14(13-7-3-4-8-13)17-16(9-10-16)15(18)19/h13-14,17H,2-12H2,1H3. The van der Waals surface area contributed by atoms with Crippen molar-refractivity contribution in [3.8, 4) is 0 Å². The molecule has 2 saturated carbocycles. The maximum atomic E-state index is 12.6. The molecule has 0 aromatic heterocycles. The van der Waals surface area contributed by atoms with Gasteiger partial charge >= 0.3 is 0 Å². The third-order valence-electron chi connectivity index (χ3n) is 5.27. The number of methoxy groups -OCH3 is 1. The van der Waals surface area contributed by atoms with Gasteiger partial charge in [0, 0.05) is 20.3 Å². The fraction of sp³-hybridized carbons (Fsp3) is 0.938. The molecular weight excluding hydrogens is 252 g/mol. The van der Waals surface area contributed by atoms with Crippen molar-refractivity contribution < 1.29 is 9.53 Å². The summed E-state index contributed by atoms with van der Waals surface area (Å²) in [6, 6.07) is 0. The van der Waals surface area contributed by atoms with Gasteiger partial charge in [-0.05, 0) is 50.9 Å². The van der Waals surface area contributed by atoms with Crippen LogP contribution in [0, 0.1) is 5.92 Å². The van der Waals surface area contributed by atoms with E-state index in [2.05, 4.69) is 10.2 Å². The molecule has 1 unspecified atom stereocenters. The van der Waals surface area contributed by atoms with Gasteiger partial charge in [-0.1, -0.05) is 12.8 Å². The van der Waals surface area contributed by atoms with Gasteiger partial charge in [-0.2, -0.15) is 0 Å². The molecule has 3 fully saturated rings. The van der Waals surface area contributed by atoms with Gasteiger partial charge in [-0.25, -0.2) is 0 Å². The number of carbonyl (C=O) groups is 1. The van der Waals surface area contributed by atoms with E-state index in [1.165, 1.54) is 25.7 Å². The average molecular weight is 280 g/mol. The van der Waals surface area contributed by atoms with Gasteiger partial charge in [0.15, 0.2) is 0 Å². The van der Waals surface area contributed by atoms with E-state index in [9.17, 15) is 4.79 Å². The van der Waals surface area contributed by atoms with Gasteiger partial charge in [-0.3, -0.25) is 10.1 Å². The van der Waals surface area contributed by atoms with E-state index >= 15 is 0 Å². The summed E-state index contributed by atoms with van der Waals surface area (Å²) in [6.45, 7) is 1.76. The summed E-state index contributed by atoms with van der Waals surface area (Å²) in [5.41, 5.74) is -0.139. The second kappa shape index (κ2) is 6.02. The van der Waals surface area contributed by atoms with Crippen molar-refractivity contribution in [2.24, 2.45) is 5.92 Å². The Bertz CT molecular complexity index is 348. The quantitative estimate of drug-likeness (QED) is 0.728. The molecule has 0 radical (unpaired) electrons. The van der Waals surface area contributed by atoms with E-state index < -0.39 is 0 Å². The summed E-state index contributed by atoms with van der Waals surface area (Å²) in [4.78, 5) is 14.8. The summed E-state index contributed by atoms with van der Waals surface area (Å²) >= 11 is 0. The summed E-state index contributed by atoms with van der Waals surface area (Å²) in [7, 11) is 1.75. The lowest BCUT2D eigenvalue weighted by Gasteiger charge is -2.29. The average Bonchev–Trinajstić information content (AvgIpc) is 2.93. The summed E-state index contributed by atoms with van der Waals surface area (Å²) in [5, 5.41) is 3.69. The van der Waals surface area contributed by atoms with Gasteiger partial charge in [0.1, 0.15) is 0 Å². The fourth-order valence-corrected chi connectivity index (χ4v) is 3.90. The third-order valence-corrected chi connectivity index (χ3v) is 5.27. The second-order valence-corrected chi connectivity index (χ2v) is 6.77. The predicted octanol–water partition coefficient (Wildman–Crippen LogP) is 2.28. The number of rotatable bonds is 7. The zero-order valence-corrected chi connectivity index (χ0v) is 12.7. The van der Waals surface area contributed by atoms with Crippen LogP contribution in [0.3, 0.4) is 0 Å². The monoisotopic (exact) mass is 280 g/mol. The lowest BCUT2D eigenvalue weighted by atomic mass is 10.0. The first-order valence-electron chi connectivity index (χ1n) is 8.34. The van der Waals surface area contributed by atoms with Crippen molar-refractivity contribution in [3.05, 3.63) is 0 Å². The maximum Gasteiger partial charge on any atom is 0.244 e. The molecule has 3 rings (SSSR count). The molecule has 114 valence electrons. The molecule has 0 aromatic carbocycles. The molecule has 1 atom stereocenters. The number of hydrogen-bond donors (Lipinski definition) is 1. The van der Waals surface area contributed by atoms with Crippen molar-refractivity contribution in [2.75, 3.05) is 20.3 Å². The second-order valence-electron chi connectivity index (χ2n) is 6.77. The molecule has 1 aliphatic heterocycles. The van der Waals surface area contributed by atoms with E-state index in [4.69, 9.17) is 4.74 Å². The van der Waals surface area contributed by atoms with Gasteiger partial charge in [-0.15, -0.1) is 0 Å². The molecular formula is C16H28N2O2. The number of hydrogen-bond acceptors (Lipinski definition) is 3. The molecule has 4 nitrogen and oxygen atoms in total. The molecule has 1 spiro atoms. The fourth-order valence-electron chi connectivity index (χ4n) is 3.90. The normalized spacial score (nSPS) is 28.8. The molecule has 4 heteroatoms. The zero-order chi connectivity index (χ0) is 14.0. The first kappa shape index (κ1) is 14.3. The Hall–Kier alpha value is -0.610. The van der Waals surface area contributed by atoms with Crippen LogP contribution in [-0.4, -0.2) is 42.8 Å². The Morgan fingerprint density at radius 2 is 2.00 bits per heavy atom. The van der Waals surface area contributed by atoms with Crippen LogP contribution in [0.5, 0.6) is 0 Å². The number of nitrogens with one attached hydrogen (secondary N) is 1. The van der Waals surface area contributed by atoms with Crippen molar-refractivity contribution in [3.63, 3.8) is 0 Å². The van der Waals surface area contributed by atoms with Gasteiger partial charge in [0.2, 0.25) is 5.91 Å². The van der Waals surface area contributed by atoms with Crippen LogP contribution in [0.2, 0.25) is 0 Å². The summed E-state index contributed by atoms with van der Waals surface area (Å²) in [6.07, 6.45) is 11.1. The highest BCUT2D eigenvalue weighted by Crippen LogP contribution is 2.45. The Labute approximate surface area is 122 Å². The van der Waals surface area contributed by atoms with Crippen molar-refractivity contribution in [2.45, 2.75) is 69.5 Å². The van der Waals surface area contributed by atoms with Gasteiger partial charge in [0.05, 0.1) is 11.7 Å². The highest BCUT2D eigenvalue weighted by atomic mass is 16.5. The van der Waals surface area contributed by atoms with E-state index in [-0.39, 0.29) is 5.54 Å². The van der Waals surface area contributed by atoms with Crippen molar-refractivity contribution >= 4 is 5.91 Å². The van der Waals surface area contributed by atoms with Crippen LogP contribution in [-0.2, 0) is 9.53 Å². The Balaban J connectivity index is 1.55. The first-order chi connectivity index (χ1) is 9.77. The molecule has 1 heterocycles. The molecule has 0 aromatic rings. The number of carbonyl (C=O) groups excluding carboxylic acids is 1. The highest BCUT2D eigenvalue weighted by molar-refractivity contribution is 5.91. The predicted molar refractivity (Wildman–Crippen MR) is 78.3 cm³/mol. The lowest BCUT2D eigenvalue weighted by Crippen LogP contribution is -2.43. The SMILES string of the molecule is COCCCCCN1C(=O)C2(CC2)NC1C1CCCC1. The number of amides is 1. The van der Waals surface area contributed by atoms with Crippen molar-refractivity contribution in [1.82, 2.24) is 10.2 Å². The number of nitrogens with zero attached hydrogens (tertiary/aromatic N) is 1. The smallest absolute Gasteiger partial charge is 0.244 e. The zero-order valence-electron chi connectivity index (χ0n) is 12.7. The van der Waals surface area contributed by atoms with E-state index in [0.717, 1.165) is 45.3 Å². The van der Waals surface area contributed by atoms with E-state index in [0.29, 0.717) is 18.0 Å². The molecule has 1 amide bonds.